The predicted molar refractivity (Wildman–Crippen MR) is 88.1 cm³/mol. The zero-order chi connectivity index (χ0) is 16.1. The normalized spacial score (nSPS) is 19.3. The number of para-hydroxylation sites is 1. The minimum Gasteiger partial charge on any atom is -0.353 e. The lowest BCUT2D eigenvalue weighted by Crippen LogP contribution is -2.42. The Balaban J connectivity index is 1.54. The Morgan fingerprint density at radius 1 is 1.39 bits per heavy atom. The Kier molecular flexibility index (Phi) is 5.02. The number of carbonyl (C=O) groups excluding carboxylic acids is 1. The van der Waals surface area contributed by atoms with E-state index in [4.69, 9.17) is 0 Å². The third-order valence-corrected chi connectivity index (χ3v) is 4.22. The fourth-order valence-electron chi connectivity index (χ4n) is 3.02. The highest BCUT2D eigenvalue weighted by atomic mass is 16.1. The number of hydrogen-bond acceptors (Lipinski definition) is 4. The summed E-state index contributed by atoms with van der Waals surface area (Å²) in [5.74, 6) is 1.06. The highest BCUT2D eigenvalue weighted by Gasteiger charge is 2.20. The topological polar surface area (TPSA) is 71.8 Å². The third-order valence-electron chi connectivity index (χ3n) is 4.22. The average Bonchev–Trinajstić information content (AvgIpc) is 3.02. The van der Waals surface area contributed by atoms with Gasteiger partial charge in [-0.1, -0.05) is 18.2 Å². The Labute approximate surface area is 136 Å². The molecule has 0 unspecified atom stereocenters. The SMILES string of the molecule is C[C@@H](C[C@@H]1CCCC(=O)N1)NCc1nncn1-c1ccccc1. The van der Waals surface area contributed by atoms with Gasteiger partial charge in [-0.15, -0.1) is 10.2 Å². The molecular weight excluding hydrogens is 290 g/mol. The van der Waals surface area contributed by atoms with E-state index in [1.807, 2.05) is 34.9 Å². The Morgan fingerprint density at radius 3 is 3.00 bits per heavy atom. The molecular formula is C17H23N5O. The van der Waals surface area contributed by atoms with Gasteiger partial charge < -0.3 is 10.6 Å². The summed E-state index contributed by atoms with van der Waals surface area (Å²) in [6, 6.07) is 10.7. The van der Waals surface area contributed by atoms with E-state index < -0.39 is 0 Å². The van der Waals surface area contributed by atoms with Crippen molar-refractivity contribution in [2.75, 3.05) is 0 Å². The lowest BCUT2D eigenvalue weighted by molar-refractivity contribution is -0.123. The first kappa shape index (κ1) is 15.7. The van der Waals surface area contributed by atoms with Crippen molar-refractivity contribution in [1.29, 1.82) is 0 Å². The molecule has 1 aromatic carbocycles. The van der Waals surface area contributed by atoms with Gasteiger partial charge in [0.1, 0.15) is 6.33 Å². The first-order chi connectivity index (χ1) is 11.2. The standard InChI is InChI=1S/C17H23N5O/c1-13(10-14-6-5-9-17(23)20-14)18-11-16-21-19-12-22(16)15-7-3-2-4-8-15/h2-4,7-8,12-14,18H,5-6,9-11H2,1H3,(H,20,23)/t13-,14-/m0/s1. The molecule has 2 N–H and O–H groups in total. The molecule has 1 amide bonds. The number of amides is 1. The van der Waals surface area contributed by atoms with Crippen molar-refractivity contribution in [3.8, 4) is 5.69 Å². The van der Waals surface area contributed by atoms with Crippen LogP contribution in [0.15, 0.2) is 36.7 Å². The van der Waals surface area contributed by atoms with Crippen LogP contribution >= 0.6 is 0 Å². The quantitative estimate of drug-likeness (QED) is 0.853. The van der Waals surface area contributed by atoms with E-state index in [1.54, 1.807) is 6.33 Å². The average molecular weight is 313 g/mol. The number of rotatable bonds is 6. The van der Waals surface area contributed by atoms with Crippen molar-refractivity contribution >= 4 is 5.91 Å². The Morgan fingerprint density at radius 2 is 2.22 bits per heavy atom. The molecule has 1 fully saturated rings. The summed E-state index contributed by atoms with van der Waals surface area (Å²) in [5, 5.41) is 14.8. The van der Waals surface area contributed by atoms with E-state index in [-0.39, 0.29) is 11.9 Å². The van der Waals surface area contributed by atoms with Gasteiger partial charge in [-0.25, -0.2) is 0 Å². The van der Waals surface area contributed by atoms with Crippen molar-refractivity contribution in [3.05, 3.63) is 42.5 Å². The molecule has 1 aliphatic heterocycles. The first-order valence-corrected chi connectivity index (χ1v) is 8.19. The summed E-state index contributed by atoms with van der Waals surface area (Å²) in [7, 11) is 0. The Hall–Kier alpha value is -2.21. The van der Waals surface area contributed by atoms with Gasteiger partial charge in [0.2, 0.25) is 5.91 Å². The van der Waals surface area contributed by atoms with Crippen LogP contribution in [-0.4, -0.2) is 32.8 Å². The van der Waals surface area contributed by atoms with Gasteiger partial charge in [0.15, 0.2) is 5.82 Å². The smallest absolute Gasteiger partial charge is 0.220 e. The maximum Gasteiger partial charge on any atom is 0.220 e. The van der Waals surface area contributed by atoms with Crippen LogP contribution in [0.4, 0.5) is 0 Å². The molecule has 0 aliphatic carbocycles. The molecule has 1 saturated heterocycles. The van der Waals surface area contributed by atoms with Gasteiger partial charge in [0.25, 0.3) is 0 Å². The molecule has 0 spiro atoms. The van der Waals surface area contributed by atoms with Crippen LogP contribution in [-0.2, 0) is 11.3 Å². The number of aromatic nitrogens is 3. The van der Waals surface area contributed by atoms with Gasteiger partial charge in [-0.2, -0.15) is 0 Å². The monoisotopic (exact) mass is 313 g/mol. The fourth-order valence-corrected chi connectivity index (χ4v) is 3.02. The second-order valence-corrected chi connectivity index (χ2v) is 6.13. The molecule has 2 heterocycles. The van der Waals surface area contributed by atoms with E-state index in [0.29, 0.717) is 19.0 Å². The summed E-state index contributed by atoms with van der Waals surface area (Å²) in [6.07, 6.45) is 5.39. The summed E-state index contributed by atoms with van der Waals surface area (Å²) >= 11 is 0. The predicted octanol–water partition coefficient (Wildman–Crippen LogP) is 1.80. The molecule has 6 nitrogen and oxygen atoms in total. The molecule has 23 heavy (non-hydrogen) atoms. The molecule has 122 valence electrons. The second-order valence-electron chi connectivity index (χ2n) is 6.13. The number of benzene rings is 1. The van der Waals surface area contributed by atoms with E-state index >= 15 is 0 Å². The van der Waals surface area contributed by atoms with Gasteiger partial charge >= 0.3 is 0 Å². The van der Waals surface area contributed by atoms with Gasteiger partial charge in [0, 0.05) is 24.2 Å². The molecule has 0 saturated carbocycles. The van der Waals surface area contributed by atoms with E-state index in [0.717, 1.165) is 30.8 Å². The maximum absolute atomic E-state index is 11.4. The number of nitrogens with zero attached hydrogens (tertiary/aromatic N) is 3. The van der Waals surface area contributed by atoms with Crippen LogP contribution in [0, 0.1) is 0 Å². The van der Waals surface area contributed by atoms with Crippen LogP contribution in [0.3, 0.4) is 0 Å². The zero-order valence-corrected chi connectivity index (χ0v) is 13.4. The number of nitrogens with one attached hydrogen (secondary N) is 2. The summed E-state index contributed by atoms with van der Waals surface area (Å²) in [4.78, 5) is 11.4. The van der Waals surface area contributed by atoms with E-state index in [1.165, 1.54) is 0 Å². The number of hydrogen-bond donors (Lipinski definition) is 2. The van der Waals surface area contributed by atoms with Crippen LogP contribution in [0.2, 0.25) is 0 Å². The fraction of sp³-hybridized carbons (Fsp3) is 0.471. The molecule has 3 rings (SSSR count). The van der Waals surface area contributed by atoms with Crippen LogP contribution in [0.5, 0.6) is 0 Å². The molecule has 0 bridgehead atoms. The Bertz CT molecular complexity index is 639. The lowest BCUT2D eigenvalue weighted by Gasteiger charge is -2.26. The molecule has 1 aliphatic rings. The van der Waals surface area contributed by atoms with E-state index in [2.05, 4.69) is 27.8 Å². The molecule has 0 radical (unpaired) electrons. The van der Waals surface area contributed by atoms with E-state index in [9.17, 15) is 4.79 Å². The summed E-state index contributed by atoms with van der Waals surface area (Å²) in [6.45, 7) is 2.79. The van der Waals surface area contributed by atoms with Crippen molar-refractivity contribution in [2.45, 2.75) is 51.2 Å². The minimum absolute atomic E-state index is 0.178. The van der Waals surface area contributed by atoms with Gasteiger partial charge in [-0.3, -0.25) is 9.36 Å². The largest absolute Gasteiger partial charge is 0.353 e. The summed E-state index contributed by atoms with van der Waals surface area (Å²) < 4.78 is 1.99. The molecule has 2 atom stereocenters. The highest BCUT2D eigenvalue weighted by molar-refractivity contribution is 5.76. The van der Waals surface area contributed by atoms with Crippen LogP contribution < -0.4 is 10.6 Å². The summed E-state index contributed by atoms with van der Waals surface area (Å²) in [5.41, 5.74) is 1.06. The maximum atomic E-state index is 11.4. The second kappa shape index (κ2) is 7.37. The van der Waals surface area contributed by atoms with Crippen molar-refractivity contribution in [1.82, 2.24) is 25.4 Å². The van der Waals surface area contributed by atoms with Crippen LogP contribution in [0.25, 0.3) is 5.69 Å². The molecule has 6 heteroatoms. The zero-order valence-electron chi connectivity index (χ0n) is 13.4. The third kappa shape index (κ3) is 4.16. The minimum atomic E-state index is 0.178. The molecule has 2 aromatic rings. The van der Waals surface area contributed by atoms with Crippen molar-refractivity contribution in [3.63, 3.8) is 0 Å². The van der Waals surface area contributed by atoms with Gasteiger partial charge in [-0.05, 0) is 38.3 Å². The van der Waals surface area contributed by atoms with Crippen molar-refractivity contribution in [2.24, 2.45) is 0 Å². The number of carbonyl (C=O) groups is 1. The molecule has 1 aromatic heterocycles. The first-order valence-electron chi connectivity index (χ1n) is 8.19. The van der Waals surface area contributed by atoms with Gasteiger partial charge in [0.05, 0.1) is 6.54 Å². The van der Waals surface area contributed by atoms with Crippen molar-refractivity contribution < 1.29 is 4.79 Å². The van der Waals surface area contributed by atoms with Crippen LogP contribution in [0.1, 0.15) is 38.4 Å². The lowest BCUT2D eigenvalue weighted by atomic mass is 9.98. The number of piperidine rings is 1. The highest BCUT2D eigenvalue weighted by Crippen LogP contribution is 2.13.